The van der Waals surface area contributed by atoms with Crippen molar-refractivity contribution in [1.29, 1.82) is 0 Å². The van der Waals surface area contributed by atoms with Crippen molar-refractivity contribution in [3.63, 3.8) is 0 Å². The standard InChI is InChI=1S/C23H18Cl2N2O2/c1-28-22-12-17(29-14-15-5-3-2-4-6-15)8-9-18(22)21-13-26-23(27-21)16-7-10-19(24)20(25)11-16/h2-13H,14H2,1H3,(H,26,27). The number of nitrogens with zero attached hydrogens (tertiary/aromatic N) is 1. The van der Waals surface area contributed by atoms with Crippen molar-refractivity contribution in [2.24, 2.45) is 0 Å². The van der Waals surface area contributed by atoms with E-state index in [-0.39, 0.29) is 0 Å². The Kier molecular flexibility index (Phi) is 5.74. The topological polar surface area (TPSA) is 47.1 Å². The van der Waals surface area contributed by atoms with Crippen molar-refractivity contribution in [1.82, 2.24) is 9.97 Å². The lowest BCUT2D eigenvalue weighted by Gasteiger charge is -2.11. The highest BCUT2D eigenvalue weighted by molar-refractivity contribution is 6.42. The molecule has 0 saturated heterocycles. The van der Waals surface area contributed by atoms with E-state index in [4.69, 9.17) is 32.7 Å². The quantitative estimate of drug-likeness (QED) is 0.377. The van der Waals surface area contributed by atoms with Crippen LogP contribution in [0.1, 0.15) is 5.56 Å². The average Bonchev–Trinajstić information content (AvgIpc) is 3.25. The number of rotatable bonds is 6. The monoisotopic (exact) mass is 424 g/mol. The SMILES string of the molecule is COc1cc(OCc2ccccc2)ccc1-c1c[nH]c(-c2ccc(Cl)c(Cl)c2)n1. The van der Waals surface area contributed by atoms with E-state index in [2.05, 4.69) is 9.97 Å². The highest BCUT2D eigenvalue weighted by Gasteiger charge is 2.13. The van der Waals surface area contributed by atoms with Gasteiger partial charge in [0.15, 0.2) is 0 Å². The van der Waals surface area contributed by atoms with E-state index in [9.17, 15) is 0 Å². The zero-order valence-corrected chi connectivity index (χ0v) is 17.2. The van der Waals surface area contributed by atoms with Gasteiger partial charge >= 0.3 is 0 Å². The summed E-state index contributed by atoms with van der Waals surface area (Å²) >= 11 is 12.1. The molecule has 0 aliphatic carbocycles. The molecule has 4 nitrogen and oxygen atoms in total. The van der Waals surface area contributed by atoms with Gasteiger partial charge in [-0.2, -0.15) is 0 Å². The Morgan fingerprint density at radius 1 is 0.931 bits per heavy atom. The van der Waals surface area contributed by atoms with Crippen molar-refractivity contribution in [3.8, 4) is 34.1 Å². The van der Waals surface area contributed by atoms with Crippen LogP contribution in [0, 0.1) is 0 Å². The zero-order valence-electron chi connectivity index (χ0n) is 15.7. The molecule has 146 valence electrons. The molecule has 4 rings (SSSR count). The first-order valence-corrected chi connectivity index (χ1v) is 9.75. The summed E-state index contributed by atoms with van der Waals surface area (Å²) in [5.41, 5.74) is 3.58. The Balaban J connectivity index is 1.57. The number of methoxy groups -OCH3 is 1. The number of H-pyrrole nitrogens is 1. The first kappa shape index (κ1) is 19.4. The molecule has 29 heavy (non-hydrogen) atoms. The van der Waals surface area contributed by atoms with Gasteiger partial charge in [0, 0.05) is 23.4 Å². The van der Waals surface area contributed by atoms with Crippen LogP contribution in [-0.2, 0) is 6.61 Å². The molecule has 0 amide bonds. The molecule has 0 aliphatic rings. The number of benzene rings is 3. The molecule has 0 bridgehead atoms. The first-order valence-electron chi connectivity index (χ1n) is 9.00. The molecule has 1 heterocycles. The minimum atomic E-state index is 0.486. The summed E-state index contributed by atoms with van der Waals surface area (Å²) in [6.45, 7) is 0.493. The summed E-state index contributed by atoms with van der Waals surface area (Å²) in [5.74, 6) is 2.11. The number of hydrogen-bond acceptors (Lipinski definition) is 3. The van der Waals surface area contributed by atoms with Gasteiger partial charge in [-0.25, -0.2) is 4.98 Å². The van der Waals surface area contributed by atoms with Gasteiger partial charge < -0.3 is 14.5 Å². The number of nitrogens with one attached hydrogen (secondary N) is 1. The number of aromatic amines is 1. The number of imidazole rings is 1. The fourth-order valence-electron chi connectivity index (χ4n) is 2.96. The highest BCUT2D eigenvalue weighted by atomic mass is 35.5. The van der Waals surface area contributed by atoms with Crippen LogP contribution < -0.4 is 9.47 Å². The fraction of sp³-hybridized carbons (Fsp3) is 0.0870. The number of hydrogen-bond donors (Lipinski definition) is 1. The number of ether oxygens (including phenoxy) is 2. The molecule has 3 aromatic carbocycles. The van der Waals surface area contributed by atoms with Crippen LogP contribution in [0.4, 0.5) is 0 Å². The smallest absolute Gasteiger partial charge is 0.138 e. The summed E-state index contributed by atoms with van der Waals surface area (Å²) in [6.07, 6.45) is 1.83. The van der Waals surface area contributed by atoms with E-state index in [1.165, 1.54) is 0 Å². The van der Waals surface area contributed by atoms with E-state index >= 15 is 0 Å². The Labute approximate surface area is 179 Å². The molecule has 0 aliphatic heterocycles. The summed E-state index contributed by atoms with van der Waals surface area (Å²) in [4.78, 5) is 7.86. The molecular weight excluding hydrogens is 407 g/mol. The minimum Gasteiger partial charge on any atom is -0.496 e. The lowest BCUT2D eigenvalue weighted by Crippen LogP contribution is -1.96. The van der Waals surface area contributed by atoms with Crippen LogP contribution in [0.3, 0.4) is 0 Å². The Hall–Kier alpha value is -2.95. The summed E-state index contributed by atoms with van der Waals surface area (Å²) in [7, 11) is 1.63. The van der Waals surface area contributed by atoms with Crippen LogP contribution in [0.2, 0.25) is 10.0 Å². The third kappa shape index (κ3) is 4.39. The van der Waals surface area contributed by atoms with E-state index in [1.807, 2.05) is 60.8 Å². The maximum absolute atomic E-state index is 6.12. The van der Waals surface area contributed by atoms with E-state index in [0.29, 0.717) is 28.2 Å². The molecule has 0 fully saturated rings. The van der Waals surface area contributed by atoms with Crippen LogP contribution in [0.5, 0.6) is 11.5 Å². The lowest BCUT2D eigenvalue weighted by atomic mass is 10.1. The van der Waals surface area contributed by atoms with Crippen molar-refractivity contribution in [2.75, 3.05) is 7.11 Å². The minimum absolute atomic E-state index is 0.486. The zero-order chi connectivity index (χ0) is 20.2. The largest absolute Gasteiger partial charge is 0.496 e. The van der Waals surface area contributed by atoms with Crippen molar-refractivity contribution in [3.05, 3.63) is 88.5 Å². The van der Waals surface area contributed by atoms with Gasteiger partial charge in [0.25, 0.3) is 0 Å². The molecule has 0 atom stereocenters. The fourth-order valence-corrected chi connectivity index (χ4v) is 3.26. The molecule has 0 saturated carbocycles. The van der Waals surface area contributed by atoms with Gasteiger partial charge in [0.2, 0.25) is 0 Å². The van der Waals surface area contributed by atoms with Crippen LogP contribution in [0.15, 0.2) is 72.9 Å². The second-order valence-electron chi connectivity index (χ2n) is 6.40. The Bertz CT molecular complexity index is 1130. The van der Waals surface area contributed by atoms with Gasteiger partial charge in [-0.15, -0.1) is 0 Å². The Morgan fingerprint density at radius 3 is 2.52 bits per heavy atom. The third-order valence-electron chi connectivity index (χ3n) is 4.47. The third-order valence-corrected chi connectivity index (χ3v) is 5.21. The van der Waals surface area contributed by atoms with Crippen LogP contribution in [-0.4, -0.2) is 17.1 Å². The summed E-state index contributed by atoms with van der Waals surface area (Å²) in [5, 5.41) is 0.995. The van der Waals surface area contributed by atoms with Crippen LogP contribution in [0.25, 0.3) is 22.6 Å². The predicted octanol–water partition coefficient (Wildman–Crippen LogP) is 6.64. The van der Waals surface area contributed by atoms with Crippen molar-refractivity contribution < 1.29 is 9.47 Å². The molecular formula is C23H18Cl2N2O2. The van der Waals surface area contributed by atoms with Crippen molar-refractivity contribution >= 4 is 23.2 Å². The van der Waals surface area contributed by atoms with Gasteiger partial charge in [0.05, 0.1) is 22.8 Å². The maximum atomic E-state index is 6.12. The molecule has 0 unspecified atom stereocenters. The first-order chi connectivity index (χ1) is 14.1. The van der Waals surface area contributed by atoms with Gasteiger partial charge in [0.1, 0.15) is 23.9 Å². The van der Waals surface area contributed by atoms with E-state index in [1.54, 1.807) is 19.2 Å². The number of aromatic nitrogens is 2. The predicted molar refractivity (Wildman–Crippen MR) is 117 cm³/mol. The number of halogens is 2. The van der Waals surface area contributed by atoms with E-state index < -0.39 is 0 Å². The molecule has 1 aromatic heterocycles. The van der Waals surface area contributed by atoms with Gasteiger partial charge in [-0.3, -0.25) is 0 Å². The van der Waals surface area contributed by atoms with Gasteiger partial charge in [-0.1, -0.05) is 53.5 Å². The molecule has 0 spiro atoms. The summed E-state index contributed by atoms with van der Waals surface area (Å²) < 4.78 is 11.5. The average molecular weight is 425 g/mol. The lowest BCUT2D eigenvalue weighted by molar-refractivity contribution is 0.304. The molecule has 1 N–H and O–H groups in total. The molecule has 0 radical (unpaired) electrons. The van der Waals surface area contributed by atoms with Gasteiger partial charge in [-0.05, 0) is 35.9 Å². The summed E-state index contributed by atoms with van der Waals surface area (Å²) in [6, 6.07) is 21.1. The normalized spacial score (nSPS) is 10.7. The molecule has 6 heteroatoms. The van der Waals surface area contributed by atoms with Crippen LogP contribution >= 0.6 is 23.2 Å². The molecule has 4 aromatic rings. The van der Waals surface area contributed by atoms with E-state index in [0.717, 1.165) is 28.1 Å². The highest BCUT2D eigenvalue weighted by Crippen LogP contribution is 2.34. The second kappa shape index (κ2) is 8.60. The maximum Gasteiger partial charge on any atom is 0.138 e. The Morgan fingerprint density at radius 2 is 1.76 bits per heavy atom. The van der Waals surface area contributed by atoms with Crippen molar-refractivity contribution in [2.45, 2.75) is 6.61 Å². The second-order valence-corrected chi connectivity index (χ2v) is 7.21.